The SMILES string of the molecule is CN=C(NCCc1cccs1)NCCc1ccncc1C.I. The van der Waals surface area contributed by atoms with Gasteiger partial charge in [0.05, 0.1) is 0 Å². The lowest BCUT2D eigenvalue weighted by atomic mass is 10.1. The van der Waals surface area contributed by atoms with Crippen molar-refractivity contribution in [3.63, 3.8) is 0 Å². The summed E-state index contributed by atoms with van der Waals surface area (Å²) in [6.07, 6.45) is 5.75. The lowest BCUT2D eigenvalue weighted by molar-refractivity contribution is 0.785. The van der Waals surface area contributed by atoms with Crippen molar-refractivity contribution < 1.29 is 0 Å². The average Bonchev–Trinajstić information content (AvgIpc) is 3.01. The predicted molar refractivity (Wildman–Crippen MR) is 105 cm³/mol. The van der Waals surface area contributed by atoms with E-state index in [1.54, 1.807) is 18.4 Å². The predicted octanol–water partition coefficient (Wildman–Crippen LogP) is 3.02. The highest BCUT2D eigenvalue weighted by atomic mass is 127. The second kappa shape index (κ2) is 10.6. The zero-order valence-electron chi connectivity index (χ0n) is 13.0. The van der Waals surface area contributed by atoms with Gasteiger partial charge in [0.2, 0.25) is 0 Å². The highest BCUT2D eigenvalue weighted by molar-refractivity contribution is 14.0. The third-order valence-electron chi connectivity index (χ3n) is 3.29. The molecule has 0 amide bonds. The van der Waals surface area contributed by atoms with E-state index in [-0.39, 0.29) is 24.0 Å². The lowest BCUT2D eigenvalue weighted by Gasteiger charge is -2.12. The minimum atomic E-state index is 0. The first-order valence-corrected chi connectivity index (χ1v) is 8.04. The summed E-state index contributed by atoms with van der Waals surface area (Å²) in [5, 5.41) is 8.80. The van der Waals surface area contributed by atoms with Crippen LogP contribution >= 0.6 is 35.3 Å². The Hall–Kier alpha value is -1.15. The normalized spacial score (nSPS) is 10.9. The summed E-state index contributed by atoms with van der Waals surface area (Å²) in [4.78, 5) is 9.75. The molecule has 120 valence electrons. The van der Waals surface area contributed by atoms with Gasteiger partial charge >= 0.3 is 0 Å². The zero-order valence-corrected chi connectivity index (χ0v) is 16.2. The Bertz CT molecular complexity index is 569. The molecule has 2 aromatic heterocycles. The van der Waals surface area contributed by atoms with Crippen LogP contribution in [0.3, 0.4) is 0 Å². The molecule has 6 heteroatoms. The van der Waals surface area contributed by atoms with Gasteiger partial charge in [0, 0.05) is 37.4 Å². The van der Waals surface area contributed by atoms with Gasteiger partial charge in [-0.3, -0.25) is 9.98 Å². The molecule has 0 aliphatic rings. The number of aromatic nitrogens is 1. The molecule has 0 fully saturated rings. The van der Waals surface area contributed by atoms with E-state index in [0.29, 0.717) is 0 Å². The number of hydrogen-bond donors (Lipinski definition) is 2. The van der Waals surface area contributed by atoms with Crippen LogP contribution in [0.4, 0.5) is 0 Å². The van der Waals surface area contributed by atoms with Crippen molar-refractivity contribution in [2.45, 2.75) is 19.8 Å². The smallest absolute Gasteiger partial charge is 0.190 e. The maximum atomic E-state index is 4.25. The lowest BCUT2D eigenvalue weighted by Crippen LogP contribution is -2.39. The maximum absolute atomic E-state index is 4.25. The number of aliphatic imine (C=N–C) groups is 1. The molecule has 2 aromatic rings. The number of aryl methyl sites for hydroxylation is 1. The average molecular weight is 430 g/mol. The third kappa shape index (κ3) is 6.31. The fraction of sp³-hybridized carbons (Fsp3) is 0.375. The molecule has 2 heterocycles. The van der Waals surface area contributed by atoms with Crippen LogP contribution in [0.1, 0.15) is 16.0 Å². The van der Waals surface area contributed by atoms with Crippen LogP contribution in [0.15, 0.2) is 41.0 Å². The van der Waals surface area contributed by atoms with E-state index >= 15 is 0 Å². The van der Waals surface area contributed by atoms with Gasteiger partial charge in [0.25, 0.3) is 0 Å². The van der Waals surface area contributed by atoms with E-state index in [1.165, 1.54) is 16.0 Å². The summed E-state index contributed by atoms with van der Waals surface area (Å²) in [7, 11) is 1.80. The van der Waals surface area contributed by atoms with E-state index in [1.807, 2.05) is 12.4 Å². The fourth-order valence-electron chi connectivity index (χ4n) is 2.08. The number of hydrogen-bond acceptors (Lipinski definition) is 3. The van der Waals surface area contributed by atoms with Gasteiger partial charge in [-0.1, -0.05) is 6.07 Å². The Morgan fingerprint density at radius 1 is 1.23 bits per heavy atom. The van der Waals surface area contributed by atoms with Gasteiger partial charge in [-0.25, -0.2) is 0 Å². The Morgan fingerprint density at radius 3 is 2.64 bits per heavy atom. The number of rotatable bonds is 6. The molecule has 0 bridgehead atoms. The fourth-order valence-corrected chi connectivity index (χ4v) is 2.79. The van der Waals surface area contributed by atoms with E-state index < -0.39 is 0 Å². The van der Waals surface area contributed by atoms with Crippen LogP contribution in [-0.4, -0.2) is 31.1 Å². The summed E-state index contributed by atoms with van der Waals surface area (Å²) in [5.74, 6) is 0.860. The molecule has 2 rings (SSSR count). The van der Waals surface area contributed by atoms with Gasteiger partial charge in [-0.05, 0) is 48.4 Å². The van der Waals surface area contributed by atoms with Gasteiger partial charge in [0.1, 0.15) is 0 Å². The molecule has 2 N–H and O–H groups in total. The maximum Gasteiger partial charge on any atom is 0.190 e. The van der Waals surface area contributed by atoms with Crippen LogP contribution in [0.5, 0.6) is 0 Å². The van der Waals surface area contributed by atoms with Crippen LogP contribution in [0, 0.1) is 6.92 Å². The van der Waals surface area contributed by atoms with E-state index in [4.69, 9.17) is 0 Å². The molecule has 0 aromatic carbocycles. The number of nitrogens with one attached hydrogen (secondary N) is 2. The van der Waals surface area contributed by atoms with Crippen LogP contribution in [0.25, 0.3) is 0 Å². The highest BCUT2D eigenvalue weighted by Gasteiger charge is 2.00. The Kier molecular flexibility index (Phi) is 9.07. The second-order valence-corrected chi connectivity index (χ2v) is 5.84. The molecule has 0 saturated heterocycles. The molecule has 22 heavy (non-hydrogen) atoms. The molecule has 0 aliphatic heterocycles. The molecule has 0 aliphatic carbocycles. The molecule has 0 saturated carbocycles. The third-order valence-corrected chi connectivity index (χ3v) is 4.23. The largest absolute Gasteiger partial charge is 0.356 e. The first kappa shape index (κ1) is 18.9. The quantitative estimate of drug-likeness (QED) is 0.421. The first-order chi connectivity index (χ1) is 10.3. The van der Waals surface area contributed by atoms with Crippen molar-refractivity contribution in [3.8, 4) is 0 Å². The van der Waals surface area contributed by atoms with Crippen molar-refractivity contribution in [1.29, 1.82) is 0 Å². The van der Waals surface area contributed by atoms with Crippen LogP contribution in [-0.2, 0) is 12.8 Å². The molecule has 0 spiro atoms. The van der Waals surface area contributed by atoms with Crippen LogP contribution in [0.2, 0.25) is 0 Å². The molecule has 0 atom stereocenters. The Labute approximate surface area is 153 Å². The number of pyridine rings is 1. The van der Waals surface area contributed by atoms with Crippen molar-refractivity contribution >= 4 is 41.3 Å². The summed E-state index contributed by atoms with van der Waals surface area (Å²) < 4.78 is 0. The van der Waals surface area contributed by atoms with Crippen molar-refractivity contribution in [2.75, 3.05) is 20.1 Å². The number of guanidine groups is 1. The summed E-state index contributed by atoms with van der Waals surface area (Å²) in [6.45, 7) is 3.86. The van der Waals surface area contributed by atoms with Gasteiger partial charge < -0.3 is 10.6 Å². The number of halogens is 1. The number of nitrogens with zero attached hydrogens (tertiary/aromatic N) is 2. The van der Waals surface area contributed by atoms with E-state index in [2.05, 4.69) is 51.1 Å². The van der Waals surface area contributed by atoms with Gasteiger partial charge in [-0.15, -0.1) is 35.3 Å². The highest BCUT2D eigenvalue weighted by Crippen LogP contribution is 2.08. The summed E-state index contributed by atoms with van der Waals surface area (Å²) >= 11 is 1.79. The van der Waals surface area contributed by atoms with Crippen LogP contribution < -0.4 is 10.6 Å². The summed E-state index contributed by atoms with van der Waals surface area (Å²) in [5.41, 5.74) is 2.56. The van der Waals surface area contributed by atoms with E-state index in [9.17, 15) is 0 Å². The first-order valence-electron chi connectivity index (χ1n) is 7.16. The Balaban J connectivity index is 0.00000242. The molecule has 0 unspecified atom stereocenters. The molecular formula is C16H23IN4S. The zero-order chi connectivity index (χ0) is 14.9. The molecular weight excluding hydrogens is 407 g/mol. The minimum absolute atomic E-state index is 0. The topological polar surface area (TPSA) is 49.3 Å². The standard InChI is InChI=1S/C16H22N4S.HI/c1-13-12-18-8-5-14(13)6-9-19-16(17-2)20-10-7-15-4-3-11-21-15;/h3-5,8,11-12H,6-7,9-10H2,1-2H3,(H2,17,19,20);1H. The molecule has 0 radical (unpaired) electrons. The van der Waals surface area contributed by atoms with Gasteiger partial charge in [-0.2, -0.15) is 0 Å². The molecule has 4 nitrogen and oxygen atoms in total. The van der Waals surface area contributed by atoms with Crippen molar-refractivity contribution in [3.05, 3.63) is 52.0 Å². The monoisotopic (exact) mass is 430 g/mol. The summed E-state index contributed by atoms with van der Waals surface area (Å²) in [6, 6.07) is 6.32. The van der Waals surface area contributed by atoms with E-state index in [0.717, 1.165) is 31.9 Å². The number of thiophene rings is 1. The van der Waals surface area contributed by atoms with Crippen molar-refractivity contribution in [2.24, 2.45) is 4.99 Å². The minimum Gasteiger partial charge on any atom is -0.356 e. The van der Waals surface area contributed by atoms with Crippen molar-refractivity contribution in [1.82, 2.24) is 15.6 Å². The van der Waals surface area contributed by atoms with Gasteiger partial charge in [0.15, 0.2) is 5.96 Å². The second-order valence-electron chi connectivity index (χ2n) is 4.81. The Morgan fingerprint density at radius 2 is 2.00 bits per heavy atom.